The normalized spacial score (nSPS) is 14.8. The van der Waals surface area contributed by atoms with Crippen LogP contribution < -0.4 is 0 Å². The van der Waals surface area contributed by atoms with Crippen LogP contribution in [0.3, 0.4) is 0 Å². The van der Waals surface area contributed by atoms with Crippen molar-refractivity contribution in [2.45, 2.75) is 0 Å². The molecule has 0 aliphatic carbocycles. The first-order chi connectivity index (χ1) is 15.7. The molecule has 4 nitrogen and oxygen atoms in total. The van der Waals surface area contributed by atoms with Gasteiger partial charge < -0.3 is 18.6 Å². The summed E-state index contributed by atoms with van der Waals surface area (Å²) in [5.41, 5.74) is 3.54. The first-order valence-corrected chi connectivity index (χ1v) is 13.2. The Balaban J connectivity index is 0.00000119. The Hall–Kier alpha value is -3.04. The zero-order valence-corrected chi connectivity index (χ0v) is 20.1. The Morgan fingerprint density at radius 2 is 1.06 bits per heavy atom. The molecule has 2 aliphatic rings. The minimum absolute atomic E-state index is 0.612. The Kier molecular flexibility index (Phi) is 6.97. The SMILES string of the molecule is C=[N+]1C=C(c2ccccc2)O[C-]1c1[c-]c([C-]2OC(c3ccccc3)=C[N+]2=C)ccc1.[Br][Pd+]. The van der Waals surface area contributed by atoms with Gasteiger partial charge in [0.1, 0.15) is 11.5 Å². The van der Waals surface area contributed by atoms with E-state index in [1.807, 2.05) is 91.3 Å². The zero-order valence-electron chi connectivity index (χ0n) is 17.0. The van der Waals surface area contributed by atoms with Crippen molar-refractivity contribution in [1.82, 2.24) is 0 Å². The van der Waals surface area contributed by atoms with Gasteiger partial charge in [-0.05, 0) is 0 Å². The van der Waals surface area contributed by atoms with E-state index in [-0.39, 0.29) is 0 Å². The predicted octanol–water partition coefficient (Wildman–Crippen LogP) is 5.49. The summed E-state index contributed by atoms with van der Waals surface area (Å²) in [4.78, 5) is 0. The van der Waals surface area contributed by atoms with Crippen molar-refractivity contribution < 1.29 is 35.8 Å². The second-order valence-corrected chi connectivity index (χ2v) is 6.95. The summed E-state index contributed by atoms with van der Waals surface area (Å²) in [7, 11) is 0. The molecule has 0 amide bonds. The standard InChI is InChI=1S/C26H19N2O2.BrH.Pd/c1-27-17-23(19-10-5-3-6-11-19)29-25(27)21-14-9-15-22(16-21)26-28(2)18-24(30-26)20-12-7-4-8-13-20;;/h3-15,17-18H,1-2H2;1H;/q-1;;+2/p-1. The quantitative estimate of drug-likeness (QED) is 0.233. The minimum atomic E-state index is 0.612. The summed E-state index contributed by atoms with van der Waals surface area (Å²) in [6.45, 7) is 8.14. The van der Waals surface area contributed by atoms with Gasteiger partial charge in [0.05, 0.1) is 12.4 Å². The molecular weight excluding hydrogens is 559 g/mol. The molecule has 0 unspecified atom stereocenters. The van der Waals surface area contributed by atoms with Gasteiger partial charge in [-0.15, -0.1) is 11.1 Å². The second kappa shape index (κ2) is 10.1. The molecule has 5 rings (SSSR count). The van der Waals surface area contributed by atoms with Crippen LogP contribution in [-0.2, 0) is 26.7 Å². The Morgan fingerprint density at radius 1 is 0.656 bits per heavy atom. The van der Waals surface area contributed by atoms with Crippen LogP contribution in [0.5, 0.6) is 0 Å². The predicted molar refractivity (Wildman–Crippen MR) is 125 cm³/mol. The molecule has 0 saturated carbocycles. The van der Waals surface area contributed by atoms with Gasteiger partial charge in [0.25, 0.3) is 0 Å². The molecule has 0 atom stereocenters. The van der Waals surface area contributed by atoms with Crippen molar-refractivity contribution in [2.75, 3.05) is 0 Å². The molecule has 0 spiro atoms. The molecule has 3 aromatic carbocycles. The van der Waals surface area contributed by atoms with E-state index in [4.69, 9.17) is 9.47 Å². The zero-order chi connectivity index (χ0) is 22.5. The third-order valence-electron chi connectivity index (χ3n) is 4.85. The Labute approximate surface area is 205 Å². The summed E-state index contributed by atoms with van der Waals surface area (Å²) >= 11 is 5.35. The molecule has 6 heteroatoms. The number of ether oxygens (including phenoxy) is 2. The Bertz CT molecular complexity index is 1100. The summed E-state index contributed by atoms with van der Waals surface area (Å²) in [6.07, 6.45) is 4.96. The molecule has 0 bridgehead atoms. The van der Waals surface area contributed by atoms with Gasteiger partial charge in [0.15, 0.2) is 0 Å². The van der Waals surface area contributed by atoms with Crippen molar-refractivity contribution in [2.24, 2.45) is 0 Å². The number of rotatable bonds is 4. The van der Waals surface area contributed by atoms with Gasteiger partial charge in [-0.25, -0.2) is 6.07 Å². The van der Waals surface area contributed by atoms with Crippen molar-refractivity contribution in [3.8, 4) is 0 Å². The fraction of sp³-hybridized carbons (Fsp3) is 0. The maximum absolute atomic E-state index is 6.10. The van der Waals surface area contributed by atoms with Gasteiger partial charge in [-0.2, -0.15) is 18.2 Å². The average Bonchev–Trinajstić information content (AvgIpc) is 3.44. The van der Waals surface area contributed by atoms with E-state index in [1.54, 1.807) is 9.15 Å². The molecule has 0 N–H and O–H groups in total. The number of hydrogen-bond acceptors (Lipinski definition) is 2. The molecule has 162 valence electrons. The van der Waals surface area contributed by atoms with Crippen LogP contribution in [0.1, 0.15) is 22.3 Å². The molecule has 0 aromatic heterocycles. The van der Waals surface area contributed by atoms with Crippen LogP contribution in [0.15, 0.2) is 91.3 Å². The van der Waals surface area contributed by atoms with Gasteiger partial charge in [0.2, 0.25) is 12.5 Å². The number of hydrogen-bond donors (Lipinski definition) is 0. The van der Waals surface area contributed by atoms with E-state index < -0.39 is 0 Å². The van der Waals surface area contributed by atoms with E-state index in [2.05, 4.69) is 50.1 Å². The first kappa shape index (κ1) is 22.2. The first-order valence-electron chi connectivity index (χ1n) is 9.67. The van der Waals surface area contributed by atoms with Crippen LogP contribution in [-0.4, -0.2) is 22.6 Å². The topological polar surface area (TPSA) is 24.5 Å². The van der Waals surface area contributed by atoms with Gasteiger partial charge in [-0.1, -0.05) is 60.7 Å². The van der Waals surface area contributed by atoms with Crippen LogP contribution in [0.2, 0.25) is 0 Å². The molecule has 32 heavy (non-hydrogen) atoms. The third kappa shape index (κ3) is 4.58. The molecule has 0 radical (unpaired) electrons. The molecule has 2 heterocycles. The third-order valence-corrected chi connectivity index (χ3v) is 4.85. The van der Waals surface area contributed by atoms with Crippen LogP contribution in [0, 0.1) is 18.5 Å². The van der Waals surface area contributed by atoms with E-state index in [9.17, 15) is 0 Å². The summed E-state index contributed by atoms with van der Waals surface area (Å²) in [6, 6.07) is 29.1. The summed E-state index contributed by atoms with van der Waals surface area (Å²) < 4.78 is 15.6. The summed E-state index contributed by atoms with van der Waals surface area (Å²) in [5.74, 6) is 1.49. The number of benzene rings is 3. The van der Waals surface area contributed by atoms with Crippen LogP contribution in [0.25, 0.3) is 11.5 Å². The van der Waals surface area contributed by atoms with Crippen molar-refractivity contribution >= 4 is 38.4 Å². The van der Waals surface area contributed by atoms with Crippen molar-refractivity contribution in [3.63, 3.8) is 0 Å². The van der Waals surface area contributed by atoms with Crippen molar-refractivity contribution in [1.29, 1.82) is 0 Å². The molecule has 3 aromatic rings. The fourth-order valence-corrected chi connectivity index (χ4v) is 3.39. The molecule has 2 aliphatic heterocycles. The van der Waals surface area contributed by atoms with Crippen LogP contribution in [0.4, 0.5) is 0 Å². The summed E-state index contributed by atoms with van der Waals surface area (Å²) in [5, 5.41) is 0. The fourth-order valence-electron chi connectivity index (χ4n) is 3.39. The van der Waals surface area contributed by atoms with Gasteiger partial charge in [-0.3, -0.25) is 0 Å². The second-order valence-electron chi connectivity index (χ2n) is 6.95. The molecular formula is C26H19BrN2O2Pd. The van der Waals surface area contributed by atoms with Crippen molar-refractivity contribution in [3.05, 3.63) is 132 Å². The maximum atomic E-state index is 6.10. The van der Waals surface area contributed by atoms with Crippen LogP contribution >= 0.6 is 13.4 Å². The molecule has 0 saturated heterocycles. The monoisotopic (exact) mass is 576 g/mol. The number of nitrogens with zero attached hydrogens (tertiary/aromatic N) is 2. The van der Waals surface area contributed by atoms with Gasteiger partial charge in [0, 0.05) is 24.6 Å². The van der Waals surface area contributed by atoms with E-state index >= 15 is 0 Å². The number of halogens is 1. The van der Waals surface area contributed by atoms with E-state index in [0.717, 1.165) is 33.8 Å². The Morgan fingerprint density at radius 3 is 1.47 bits per heavy atom. The average molecular weight is 578 g/mol. The van der Waals surface area contributed by atoms with E-state index in [0.29, 0.717) is 12.5 Å². The van der Waals surface area contributed by atoms with Gasteiger partial charge >= 0.3 is 30.6 Å². The molecule has 0 fully saturated rings. The van der Waals surface area contributed by atoms with E-state index in [1.165, 1.54) is 0 Å².